The van der Waals surface area contributed by atoms with E-state index in [4.69, 9.17) is 0 Å². The molecule has 0 N–H and O–H groups in total. The Morgan fingerprint density at radius 1 is 1.04 bits per heavy atom. The quantitative estimate of drug-likeness (QED) is 0.855. The van der Waals surface area contributed by atoms with Crippen molar-refractivity contribution in [3.8, 4) is 0 Å². The molecule has 5 heteroatoms. The number of amides is 1. The van der Waals surface area contributed by atoms with Crippen molar-refractivity contribution in [2.75, 3.05) is 31.1 Å². The van der Waals surface area contributed by atoms with Crippen molar-refractivity contribution in [2.24, 2.45) is 5.92 Å². The van der Waals surface area contributed by atoms with E-state index < -0.39 is 0 Å². The standard InChI is InChI=1S/C18H22N4O/c23-18(21-9-3-4-10-21)14-6-5-11-22(12-14)17-15-7-1-2-8-16(15)19-13-20-17/h1-2,7-8,13-14H,3-6,9-12H2. The number of likely N-dealkylation sites (tertiary alicyclic amines) is 1. The minimum atomic E-state index is 0.107. The number of aromatic nitrogens is 2. The van der Waals surface area contributed by atoms with Gasteiger partial charge >= 0.3 is 0 Å². The molecule has 2 aliphatic rings. The summed E-state index contributed by atoms with van der Waals surface area (Å²) in [6, 6.07) is 8.09. The summed E-state index contributed by atoms with van der Waals surface area (Å²) < 4.78 is 0. The van der Waals surface area contributed by atoms with Crippen LogP contribution in [0.4, 0.5) is 5.82 Å². The van der Waals surface area contributed by atoms with Crippen molar-refractivity contribution in [3.05, 3.63) is 30.6 Å². The molecule has 2 saturated heterocycles. The van der Waals surface area contributed by atoms with Gasteiger partial charge in [-0.2, -0.15) is 0 Å². The lowest BCUT2D eigenvalue weighted by Gasteiger charge is -2.35. The number of benzene rings is 1. The number of fused-ring (bicyclic) bond motifs is 1. The number of hydrogen-bond acceptors (Lipinski definition) is 4. The number of hydrogen-bond donors (Lipinski definition) is 0. The molecule has 1 aromatic carbocycles. The summed E-state index contributed by atoms with van der Waals surface area (Å²) in [4.78, 5) is 25.9. The maximum absolute atomic E-state index is 12.7. The van der Waals surface area contributed by atoms with Crippen LogP contribution in [-0.4, -0.2) is 47.0 Å². The first-order chi connectivity index (χ1) is 11.3. The van der Waals surface area contributed by atoms with Crippen molar-refractivity contribution >= 4 is 22.6 Å². The van der Waals surface area contributed by atoms with Gasteiger partial charge in [0.25, 0.3) is 0 Å². The summed E-state index contributed by atoms with van der Waals surface area (Å²) >= 11 is 0. The molecule has 23 heavy (non-hydrogen) atoms. The van der Waals surface area contributed by atoms with E-state index in [0.29, 0.717) is 5.91 Å². The highest BCUT2D eigenvalue weighted by Gasteiger charge is 2.31. The van der Waals surface area contributed by atoms with Gasteiger partial charge in [0.05, 0.1) is 11.4 Å². The fourth-order valence-electron chi connectivity index (χ4n) is 3.81. The molecule has 2 aliphatic heterocycles. The normalized spacial score (nSPS) is 21.8. The second-order valence-corrected chi connectivity index (χ2v) is 6.53. The van der Waals surface area contributed by atoms with Crippen LogP contribution in [0.3, 0.4) is 0 Å². The Bertz CT molecular complexity index is 706. The molecular weight excluding hydrogens is 288 g/mol. The largest absolute Gasteiger partial charge is 0.355 e. The smallest absolute Gasteiger partial charge is 0.227 e. The van der Waals surface area contributed by atoms with Crippen LogP contribution in [0, 0.1) is 5.92 Å². The van der Waals surface area contributed by atoms with Crippen molar-refractivity contribution in [1.82, 2.24) is 14.9 Å². The van der Waals surface area contributed by atoms with Crippen molar-refractivity contribution in [1.29, 1.82) is 0 Å². The van der Waals surface area contributed by atoms with Crippen LogP contribution >= 0.6 is 0 Å². The second kappa shape index (κ2) is 6.14. The summed E-state index contributed by atoms with van der Waals surface area (Å²) in [5.41, 5.74) is 0.963. The predicted octanol–water partition coefficient (Wildman–Crippen LogP) is 2.47. The molecule has 3 heterocycles. The third kappa shape index (κ3) is 2.76. The number of piperidine rings is 1. The average molecular weight is 310 g/mol. The first-order valence-electron chi connectivity index (χ1n) is 8.56. The van der Waals surface area contributed by atoms with Gasteiger partial charge in [0.2, 0.25) is 5.91 Å². The Kier molecular flexibility index (Phi) is 3.85. The van der Waals surface area contributed by atoms with E-state index in [9.17, 15) is 4.79 Å². The molecule has 2 aromatic rings. The average Bonchev–Trinajstić information content (AvgIpc) is 3.15. The fourth-order valence-corrected chi connectivity index (χ4v) is 3.81. The highest BCUT2D eigenvalue weighted by molar-refractivity contribution is 5.89. The van der Waals surface area contributed by atoms with E-state index in [-0.39, 0.29) is 5.92 Å². The highest BCUT2D eigenvalue weighted by atomic mass is 16.2. The lowest BCUT2D eigenvalue weighted by Crippen LogP contribution is -2.44. The fraction of sp³-hybridized carbons (Fsp3) is 0.500. The minimum absolute atomic E-state index is 0.107. The number of carbonyl (C=O) groups is 1. The molecule has 1 aromatic heterocycles. The number of anilines is 1. The van der Waals surface area contributed by atoms with Crippen molar-refractivity contribution in [2.45, 2.75) is 25.7 Å². The Morgan fingerprint density at radius 3 is 2.74 bits per heavy atom. The third-order valence-corrected chi connectivity index (χ3v) is 5.01. The zero-order valence-electron chi connectivity index (χ0n) is 13.3. The molecule has 0 aliphatic carbocycles. The van der Waals surface area contributed by atoms with Gasteiger partial charge < -0.3 is 9.80 Å². The summed E-state index contributed by atoms with van der Waals surface area (Å²) in [7, 11) is 0. The van der Waals surface area contributed by atoms with Gasteiger partial charge in [-0.3, -0.25) is 4.79 Å². The second-order valence-electron chi connectivity index (χ2n) is 6.53. The first-order valence-corrected chi connectivity index (χ1v) is 8.56. The SMILES string of the molecule is O=C(C1CCCN(c2ncnc3ccccc23)C1)N1CCCC1. The lowest BCUT2D eigenvalue weighted by atomic mass is 9.96. The maximum atomic E-state index is 12.7. The molecular formula is C18H22N4O. The van der Waals surface area contributed by atoms with Crippen LogP contribution in [0.5, 0.6) is 0 Å². The van der Waals surface area contributed by atoms with E-state index >= 15 is 0 Å². The number of rotatable bonds is 2. The summed E-state index contributed by atoms with van der Waals surface area (Å²) in [6.45, 7) is 3.61. The molecule has 1 unspecified atom stereocenters. The molecule has 120 valence electrons. The molecule has 2 fully saturated rings. The van der Waals surface area contributed by atoms with Gasteiger partial charge in [-0.1, -0.05) is 12.1 Å². The Hall–Kier alpha value is -2.17. The Labute approximate surface area is 136 Å². The van der Waals surface area contributed by atoms with Gasteiger partial charge in [-0.15, -0.1) is 0 Å². The molecule has 0 spiro atoms. The Balaban J connectivity index is 1.58. The van der Waals surface area contributed by atoms with E-state index in [1.54, 1.807) is 6.33 Å². The van der Waals surface area contributed by atoms with Gasteiger partial charge in [0.1, 0.15) is 12.1 Å². The zero-order valence-corrected chi connectivity index (χ0v) is 13.3. The Morgan fingerprint density at radius 2 is 1.87 bits per heavy atom. The van der Waals surface area contributed by atoms with Crippen LogP contribution in [0.15, 0.2) is 30.6 Å². The number of nitrogens with zero attached hydrogens (tertiary/aromatic N) is 4. The van der Waals surface area contributed by atoms with Crippen LogP contribution in [-0.2, 0) is 4.79 Å². The van der Waals surface area contributed by atoms with Gasteiger partial charge in [0.15, 0.2) is 0 Å². The van der Waals surface area contributed by atoms with Gasteiger partial charge in [0, 0.05) is 31.6 Å². The first kappa shape index (κ1) is 14.4. The molecule has 5 nitrogen and oxygen atoms in total. The maximum Gasteiger partial charge on any atom is 0.227 e. The van der Waals surface area contributed by atoms with E-state index in [1.807, 2.05) is 23.1 Å². The molecule has 4 rings (SSSR count). The van der Waals surface area contributed by atoms with Crippen LogP contribution in [0.2, 0.25) is 0 Å². The summed E-state index contributed by atoms with van der Waals surface area (Å²) in [5, 5.41) is 1.07. The number of carbonyl (C=O) groups excluding carboxylic acids is 1. The van der Waals surface area contributed by atoms with Crippen LogP contribution in [0.25, 0.3) is 10.9 Å². The predicted molar refractivity (Wildman–Crippen MR) is 90.3 cm³/mol. The van der Waals surface area contributed by atoms with Crippen molar-refractivity contribution < 1.29 is 4.79 Å². The van der Waals surface area contributed by atoms with E-state index in [2.05, 4.69) is 20.9 Å². The highest BCUT2D eigenvalue weighted by Crippen LogP contribution is 2.28. The summed E-state index contributed by atoms with van der Waals surface area (Å²) in [6.07, 6.45) is 5.97. The monoisotopic (exact) mass is 310 g/mol. The third-order valence-electron chi connectivity index (χ3n) is 5.01. The van der Waals surface area contributed by atoms with E-state index in [0.717, 1.165) is 68.6 Å². The van der Waals surface area contributed by atoms with Gasteiger partial charge in [-0.25, -0.2) is 9.97 Å². The zero-order chi connectivity index (χ0) is 15.6. The minimum Gasteiger partial charge on any atom is -0.355 e. The lowest BCUT2D eigenvalue weighted by molar-refractivity contribution is -0.134. The molecule has 1 atom stereocenters. The van der Waals surface area contributed by atoms with Crippen LogP contribution < -0.4 is 4.90 Å². The van der Waals surface area contributed by atoms with Crippen molar-refractivity contribution in [3.63, 3.8) is 0 Å². The summed E-state index contributed by atoms with van der Waals surface area (Å²) in [5.74, 6) is 1.41. The molecule has 0 radical (unpaired) electrons. The number of para-hydroxylation sites is 1. The molecule has 1 amide bonds. The molecule has 0 bridgehead atoms. The molecule has 0 saturated carbocycles. The topological polar surface area (TPSA) is 49.3 Å². The van der Waals surface area contributed by atoms with E-state index in [1.165, 1.54) is 0 Å². The van der Waals surface area contributed by atoms with Crippen LogP contribution in [0.1, 0.15) is 25.7 Å². The van der Waals surface area contributed by atoms with Gasteiger partial charge in [-0.05, 0) is 37.8 Å².